The van der Waals surface area contributed by atoms with Gasteiger partial charge in [0, 0.05) is 10.6 Å². The van der Waals surface area contributed by atoms with Crippen molar-refractivity contribution in [3.05, 3.63) is 88.9 Å². The van der Waals surface area contributed by atoms with Crippen molar-refractivity contribution in [3.8, 4) is 0 Å². The largest absolute Gasteiger partial charge is 0.271 e. The molecular formula is C25H22ClN3O3S. The minimum Gasteiger partial charge on any atom is -0.271 e. The van der Waals surface area contributed by atoms with Gasteiger partial charge in [-0.25, -0.2) is 13.8 Å². The van der Waals surface area contributed by atoms with Crippen LogP contribution < -0.4 is 9.73 Å². The van der Waals surface area contributed by atoms with Crippen molar-refractivity contribution in [2.75, 3.05) is 17.1 Å². The fraction of sp³-hybridized carbons (Fsp3) is 0.120. The number of nitrogens with one attached hydrogen (secondary N) is 1. The molecule has 0 radical (unpaired) electrons. The van der Waals surface area contributed by atoms with Gasteiger partial charge in [0.1, 0.15) is 6.54 Å². The van der Waals surface area contributed by atoms with Gasteiger partial charge < -0.3 is 0 Å². The number of rotatable bonds is 6. The van der Waals surface area contributed by atoms with E-state index in [9.17, 15) is 13.2 Å². The molecule has 0 bridgehead atoms. The van der Waals surface area contributed by atoms with Crippen LogP contribution in [0.15, 0.2) is 77.9 Å². The zero-order valence-corrected chi connectivity index (χ0v) is 19.7. The number of benzene rings is 4. The fourth-order valence-electron chi connectivity index (χ4n) is 3.80. The number of sulfonamides is 1. The third-order valence-corrected chi connectivity index (χ3v) is 6.67. The summed E-state index contributed by atoms with van der Waals surface area (Å²) < 4.78 is 25.8. The molecule has 0 unspecified atom stereocenters. The van der Waals surface area contributed by atoms with E-state index in [4.69, 9.17) is 11.6 Å². The van der Waals surface area contributed by atoms with Crippen molar-refractivity contribution < 1.29 is 13.2 Å². The maximum absolute atomic E-state index is 12.6. The van der Waals surface area contributed by atoms with E-state index in [1.165, 1.54) is 0 Å². The Labute approximate surface area is 197 Å². The molecule has 0 spiro atoms. The van der Waals surface area contributed by atoms with Crippen LogP contribution in [0.5, 0.6) is 0 Å². The molecule has 0 aliphatic carbocycles. The third-order valence-electron chi connectivity index (χ3n) is 5.31. The molecule has 0 heterocycles. The predicted octanol–water partition coefficient (Wildman–Crippen LogP) is 4.87. The summed E-state index contributed by atoms with van der Waals surface area (Å²) in [5, 5.41) is 8.76. The number of anilines is 1. The molecule has 4 rings (SSSR count). The molecule has 0 saturated carbocycles. The molecule has 4 aromatic rings. The second-order valence-corrected chi connectivity index (χ2v) is 10.1. The van der Waals surface area contributed by atoms with Crippen molar-refractivity contribution in [3.63, 3.8) is 0 Å². The van der Waals surface area contributed by atoms with Crippen LogP contribution in [0.3, 0.4) is 0 Å². The lowest BCUT2D eigenvalue weighted by Crippen LogP contribution is -2.39. The van der Waals surface area contributed by atoms with E-state index in [0.29, 0.717) is 16.3 Å². The Kier molecular flexibility index (Phi) is 6.35. The molecule has 0 aliphatic rings. The summed E-state index contributed by atoms with van der Waals surface area (Å²) >= 11 is 5.98. The lowest BCUT2D eigenvalue weighted by molar-refractivity contribution is -0.119. The van der Waals surface area contributed by atoms with Crippen LogP contribution in [0, 0.1) is 6.92 Å². The molecular weight excluding hydrogens is 458 g/mol. The molecule has 1 amide bonds. The number of carbonyl (C=O) groups excluding carboxylic acids is 1. The van der Waals surface area contributed by atoms with Gasteiger partial charge in [-0.3, -0.25) is 9.10 Å². The number of carbonyl (C=O) groups is 1. The smallest absolute Gasteiger partial charge is 0.260 e. The Balaban J connectivity index is 1.60. The summed E-state index contributed by atoms with van der Waals surface area (Å²) in [4.78, 5) is 12.6. The van der Waals surface area contributed by atoms with Gasteiger partial charge in [-0.15, -0.1) is 0 Å². The highest BCUT2D eigenvalue weighted by Gasteiger charge is 2.22. The van der Waals surface area contributed by atoms with Gasteiger partial charge in [-0.1, -0.05) is 60.1 Å². The second kappa shape index (κ2) is 9.21. The standard InChI is InChI=1S/C25H22ClN3O3S/c1-17-13-20(26)11-12-24(17)29(33(2,31)32)16-25(30)28-27-15-23-21-9-5-3-7-18(21)14-19-8-4-6-10-22(19)23/h3-15H,16H2,1-2H3,(H,28,30)/b27-15-. The van der Waals surface area contributed by atoms with Crippen LogP contribution in [0.25, 0.3) is 21.5 Å². The number of halogens is 1. The Hall–Kier alpha value is -3.42. The normalized spacial score (nSPS) is 11.8. The number of fused-ring (bicyclic) bond motifs is 2. The van der Waals surface area contributed by atoms with Crippen LogP contribution in [0.1, 0.15) is 11.1 Å². The first-order chi connectivity index (χ1) is 15.7. The lowest BCUT2D eigenvalue weighted by atomic mass is 9.97. The summed E-state index contributed by atoms with van der Waals surface area (Å²) in [5.41, 5.74) is 4.37. The van der Waals surface area contributed by atoms with Crippen molar-refractivity contribution in [2.24, 2.45) is 5.10 Å². The van der Waals surface area contributed by atoms with E-state index in [-0.39, 0.29) is 0 Å². The number of hydrogen-bond donors (Lipinski definition) is 1. The molecule has 0 fully saturated rings. The van der Waals surface area contributed by atoms with Crippen LogP contribution in [-0.2, 0) is 14.8 Å². The highest BCUT2D eigenvalue weighted by atomic mass is 35.5. The first kappa shape index (κ1) is 22.8. The number of hydrogen-bond acceptors (Lipinski definition) is 4. The van der Waals surface area contributed by atoms with Crippen molar-refractivity contribution in [2.45, 2.75) is 6.92 Å². The summed E-state index contributed by atoms with van der Waals surface area (Å²) in [6.07, 6.45) is 2.65. The number of nitrogens with zero attached hydrogens (tertiary/aromatic N) is 2. The summed E-state index contributed by atoms with van der Waals surface area (Å²) in [6.45, 7) is 1.33. The molecule has 0 atom stereocenters. The molecule has 0 aliphatic heterocycles. The molecule has 8 heteroatoms. The fourth-order valence-corrected chi connectivity index (χ4v) is 4.94. The lowest BCUT2D eigenvalue weighted by Gasteiger charge is -2.23. The van der Waals surface area contributed by atoms with Crippen molar-refractivity contribution in [1.29, 1.82) is 0 Å². The summed E-state index contributed by atoms with van der Waals surface area (Å²) in [5.74, 6) is -0.560. The third kappa shape index (κ3) is 4.99. The second-order valence-electron chi connectivity index (χ2n) is 7.73. The van der Waals surface area contributed by atoms with E-state index in [2.05, 4.69) is 16.6 Å². The molecule has 6 nitrogen and oxygen atoms in total. The zero-order valence-electron chi connectivity index (χ0n) is 18.1. The molecule has 168 valence electrons. The number of hydrazone groups is 1. The average molecular weight is 480 g/mol. The van der Waals surface area contributed by atoms with Crippen molar-refractivity contribution in [1.82, 2.24) is 5.43 Å². The Morgan fingerprint density at radius 3 is 2.18 bits per heavy atom. The monoisotopic (exact) mass is 479 g/mol. The van der Waals surface area contributed by atoms with Gasteiger partial charge in [0.15, 0.2) is 0 Å². The highest BCUT2D eigenvalue weighted by Crippen LogP contribution is 2.27. The van der Waals surface area contributed by atoms with E-state index < -0.39 is 22.5 Å². The van der Waals surface area contributed by atoms with Gasteiger partial charge in [-0.2, -0.15) is 5.10 Å². The van der Waals surface area contributed by atoms with E-state index in [1.54, 1.807) is 31.3 Å². The van der Waals surface area contributed by atoms with Gasteiger partial charge in [0.2, 0.25) is 10.0 Å². The molecule has 0 saturated heterocycles. The van der Waals surface area contributed by atoms with Gasteiger partial charge in [-0.05, 0) is 58.3 Å². The van der Waals surface area contributed by atoms with Gasteiger partial charge in [0.25, 0.3) is 5.91 Å². The van der Waals surface area contributed by atoms with Gasteiger partial charge in [0.05, 0.1) is 18.2 Å². The van der Waals surface area contributed by atoms with Gasteiger partial charge >= 0.3 is 0 Å². The van der Waals surface area contributed by atoms with E-state index in [1.807, 2.05) is 48.5 Å². The SMILES string of the molecule is Cc1cc(Cl)ccc1N(CC(=O)N/N=C\c1c2ccccc2cc2ccccc12)S(C)(=O)=O. The molecule has 33 heavy (non-hydrogen) atoms. The minimum absolute atomic E-state index is 0.390. The van der Waals surface area contributed by atoms with Crippen LogP contribution in [-0.4, -0.2) is 33.3 Å². The summed E-state index contributed by atoms with van der Waals surface area (Å²) in [6, 6.07) is 22.8. The van der Waals surface area contributed by atoms with Crippen LogP contribution in [0.4, 0.5) is 5.69 Å². The maximum atomic E-state index is 12.6. The van der Waals surface area contributed by atoms with Crippen molar-refractivity contribution >= 4 is 61.0 Å². The number of amides is 1. The molecule has 4 aromatic carbocycles. The molecule has 0 aromatic heterocycles. The average Bonchev–Trinajstić information content (AvgIpc) is 2.77. The number of aryl methyl sites for hydroxylation is 1. The van der Waals surface area contributed by atoms with E-state index in [0.717, 1.165) is 37.7 Å². The van der Waals surface area contributed by atoms with Crippen LogP contribution >= 0.6 is 11.6 Å². The Morgan fingerprint density at radius 2 is 1.61 bits per heavy atom. The highest BCUT2D eigenvalue weighted by molar-refractivity contribution is 7.92. The summed E-state index contributed by atoms with van der Waals surface area (Å²) in [7, 11) is -3.71. The Morgan fingerprint density at radius 1 is 1.00 bits per heavy atom. The van der Waals surface area contributed by atoms with Crippen LogP contribution in [0.2, 0.25) is 5.02 Å². The predicted molar refractivity (Wildman–Crippen MR) is 136 cm³/mol. The Bertz CT molecular complexity index is 1450. The first-order valence-corrected chi connectivity index (χ1v) is 12.4. The minimum atomic E-state index is -3.71. The topological polar surface area (TPSA) is 78.8 Å². The quantitative estimate of drug-likeness (QED) is 0.243. The first-order valence-electron chi connectivity index (χ1n) is 10.2. The van der Waals surface area contributed by atoms with E-state index >= 15 is 0 Å². The molecule has 1 N–H and O–H groups in total. The maximum Gasteiger partial charge on any atom is 0.260 e. The zero-order chi connectivity index (χ0) is 23.6.